The molecule has 0 spiro atoms. The first-order valence-corrected chi connectivity index (χ1v) is 0. The molecule has 0 aromatic heterocycles. The average Bonchev–Trinajstić information content (AvgIpc) is 0. The molecule has 0 rings (SSSR count). The van der Waals surface area contributed by atoms with Gasteiger partial charge in [-0.05, 0) is 0 Å². The average molecular weight is 172 g/mol. The van der Waals surface area contributed by atoms with Crippen molar-refractivity contribution in [2.75, 3.05) is 0 Å². The first-order chi connectivity index (χ1) is 0. The zero-order chi connectivity index (χ0) is 0. The standard InChI is InChI=1S/Al.2Mg.Sr.9H/q;3*+2;;;;6*-1. The van der Waals surface area contributed by atoms with Gasteiger partial charge >= 0.3 is 91.6 Å². The first-order valence-electron chi connectivity index (χ1n) is 0. The molecule has 0 N–H and O–H groups in total. The molecular weight excluding hydrogens is 163 g/mol. The Kier molecular flexibility index (Phi) is 103. The van der Waals surface area contributed by atoms with Gasteiger partial charge < -0.3 is 8.56 Å². The molecule has 0 aliphatic heterocycles. The van der Waals surface area contributed by atoms with Crippen molar-refractivity contribution in [2.45, 2.75) is 0 Å². The van der Waals surface area contributed by atoms with Crippen LogP contribution in [-0.2, 0) is 0 Å². The van der Waals surface area contributed by atoms with Crippen molar-refractivity contribution in [1.82, 2.24) is 0 Å². The Labute approximate surface area is 115 Å². The van der Waals surface area contributed by atoms with Gasteiger partial charge in [-0.15, -0.1) is 0 Å². The fraction of sp³-hybridized carbons (Fsp3) is 0. The molecular formula is H9AlMg2Sr. The molecule has 0 aromatic rings. The van der Waals surface area contributed by atoms with Crippen molar-refractivity contribution >= 4 is 109 Å². The summed E-state index contributed by atoms with van der Waals surface area (Å²) in [6.07, 6.45) is 0. The molecule has 18 valence electrons. The normalized spacial score (nSPS) is 0. The zero-order valence-corrected chi connectivity index (χ0v) is 8.43. The second kappa shape index (κ2) is 16.0. The molecule has 0 radical (unpaired) electrons. The van der Waals surface area contributed by atoms with E-state index in [1.165, 1.54) is 0 Å². The Bertz CT molecular complexity index is 15.7. The summed E-state index contributed by atoms with van der Waals surface area (Å²) < 4.78 is 0. The first kappa shape index (κ1) is 25.7. The SMILES string of the molecule is [AlH3].[H-].[H-].[H-].[H-].[H-].[H-].[Mg+2].[Mg+2].[Sr+2]. The quantitative estimate of drug-likeness (QED) is 0.384. The van der Waals surface area contributed by atoms with Crippen LogP contribution in [0.3, 0.4) is 0 Å². The number of hydrogen-bond acceptors (Lipinski definition) is 0. The molecule has 4 heavy (non-hydrogen) atoms. The van der Waals surface area contributed by atoms with Crippen LogP contribution in [0.1, 0.15) is 8.56 Å². The number of rotatable bonds is 0. The summed E-state index contributed by atoms with van der Waals surface area (Å²) in [5.41, 5.74) is 0. The van der Waals surface area contributed by atoms with Gasteiger partial charge in [0.25, 0.3) is 0 Å². The molecule has 0 amide bonds. The third kappa shape index (κ3) is 9.11. The summed E-state index contributed by atoms with van der Waals surface area (Å²) in [6, 6.07) is 0. The molecule has 0 aliphatic carbocycles. The van der Waals surface area contributed by atoms with Crippen molar-refractivity contribution in [3.8, 4) is 0 Å². The van der Waals surface area contributed by atoms with E-state index in [0.29, 0.717) is 0 Å². The Balaban J connectivity index is 0. The van der Waals surface area contributed by atoms with Crippen molar-refractivity contribution < 1.29 is 8.56 Å². The molecule has 0 bridgehead atoms. The molecule has 0 saturated heterocycles. The minimum atomic E-state index is 0. The Hall–Kier alpha value is 3.55. The maximum absolute atomic E-state index is 0. The third-order valence-corrected chi connectivity index (χ3v) is 0. The van der Waals surface area contributed by atoms with Crippen LogP contribution in [0.5, 0.6) is 0 Å². The van der Waals surface area contributed by atoms with Crippen LogP contribution in [0.2, 0.25) is 0 Å². The second-order valence-electron chi connectivity index (χ2n) is 0. The Morgan fingerprint density at radius 3 is 1.00 bits per heavy atom. The van der Waals surface area contributed by atoms with Crippen LogP contribution in [0.15, 0.2) is 0 Å². The summed E-state index contributed by atoms with van der Waals surface area (Å²) in [7, 11) is 0. The van der Waals surface area contributed by atoms with Crippen LogP contribution in [0.25, 0.3) is 0 Å². The van der Waals surface area contributed by atoms with E-state index in [2.05, 4.69) is 0 Å². The predicted octanol–water partition coefficient (Wildman–Crippen LogP) is -1.65. The largest absolute Gasteiger partial charge is 2.00 e. The van der Waals surface area contributed by atoms with Gasteiger partial charge in [-0.25, -0.2) is 0 Å². The minimum Gasteiger partial charge on any atom is -1.00 e. The second-order valence-corrected chi connectivity index (χ2v) is 0. The van der Waals surface area contributed by atoms with Gasteiger partial charge in [-0.3, -0.25) is 0 Å². The molecule has 0 aliphatic rings. The summed E-state index contributed by atoms with van der Waals surface area (Å²) in [4.78, 5) is 0. The number of hydrogen-bond donors (Lipinski definition) is 0. The summed E-state index contributed by atoms with van der Waals surface area (Å²) in [5.74, 6) is 0. The summed E-state index contributed by atoms with van der Waals surface area (Å²) in [5, 5.41) is 0. The van der Waals surface area contributed by atoms with Crippen LogP contribution >= 0.6 is 0 Å². The van der Waals surface area contributed by atoms with E-state index in [-0.39, 0.29) is 118 Å². The Morgan fingerprint density at radius 2 is 1.00 bits per heavy atom. The fourth-order valence-corrected chi connectivity index (χ4v) is 0. The van der Waals surface area contributed by atoms with Gasteiger partial charge in [0.15, 0.2) is 17.4 Å². The predicted molar refractivity (Wildman–Crippen MR) is 33.9 cm³/mol. The topological polar surface area (TPSA) is 0 Å². The maximum Gasteiger partial charge on any atom is 2.00 e. The van der Waals surface area contributed by atoms with E-state index in [9.17, 15) is 0 Å². The van der Waals surface area contributed by atoms with Crippen molar-refractivity contribution in [2.24, 2.45) is 0 Å². The van der Waals surface area contributed by atoms with E-state index < -0.39 is 0 Å². The smallest absolute Gasteiger partial charge is 1.00 e. The fourth-order valence-electron chi connectivity index (χ4n) is 0. The van der Waals surface area contributed by atoms with E-state index >= 15 is 0 Å². The van der Waals surface area contributed by atoms with E-state index in [1.54, 1.807) is 0 Å². The van der Waals surface area contributed by atoms with Gasteiger partial charge in [0.1, 0.15) is 0 Å². The van der Waals surface area contributed by atoms with Gasteiger partial charge in [0.05, 0.1) is 0 Å². The monoisotopic (exact) mass is 172 g/mol. The van der Waals surface area contributed by atoms with Crippen LogP contribution < -0.4 is 0 Å². The van der Waals surface area contributed by atoms with Gasteiger partial charge in [0, 0.05) is 0 Å². The van der Waals surface area contributed by atoms with Crippen LogP contribution in [0.4, 0.5) is 0 Å². The van der Waals surface area contributed by atoms with E-state index in [4.69, 9.17) is 0 Å². The van der Waals surface area contributed by atoms with Gasteiger partial charge in [0.2, 0.25) is 0 Å². The minimum absolute atomic E-state index is 0. The third-order valence-electron chi connectivity index (χ3n) is 0. The molecule has 0 atom stereocenters. The van der Waals surface area contributed by atoms with Crippen LogP contribution in [0, 0.1) is 0 Å². The van der Waals surface area contributed by atoms with E-state index in [0.717, 1.165) is 0 Å². The van der Waals surface area contributed by atoms with Crippen LogP contribution in [-0.4, -0.2) is 109 Å². The Morgan fingerprint density at radius 1 is 1.00 bits per heavy atom. The molecule has 0 fully saturated rings. The van der Waals surface area contributed by atoms with Crippen molar-refractivity contribution in [1.29, 1.82) is 0 Å². The van der Waals surface area contributed by atoms with E-state index in [1.807, 2.05) is 0 Å². The molecule has 4 heteroatoms. The molecule has 0 heterocycles. The molecule has 0 nitrogen and oxygen atoms in total. The van der Waals surface area contributed by atoms with Crippen molar-refractivity contribution in [3.05, 3.63) is 0 Å². The maximum atomic E-state index is 0. The summed E-state index contributed by atoms with van der Waals surface area (Å²) in [6.45, 7) is 0. The summed E-state index contributed by atoms with van der Waals surface area (Å²) >= 11 is 0. The van der Waals surface area contributed by atoms with Gasteiger partial charge in [-0.1, -0.05) is 0 Å². The molecule has 0 aromatic carbocycles. The van der Waals surface area contributed by atoms with Crippen molar-refractivity contribution in [3.63, 3.8) is 0 Å². The van der Waals surface area contributed by atoms with Gasteiger partial charge in [-0.2, -0.15) is 0 Å². The zero-order valence-electron chi connectivity index (χ0n) is 8.12. The molecule has 0 saturated carbocycles. The molecule has 0 unspecified atom stereocenters.